The molecule has 0 saturated carbocycles. The van der Waals surface area contributed by atoms with E-state index in [0.29, 0.717) is 35.6 Å². The number of aliphatic hydroxyl groups is 1. The van der Waals surface area contributed by atoms with E-state index >= 15 is 0 Å². The lowest BCUT2D eigenvalue weighted by atomic mass is 9.86. The van der Waals surface area contributed by atoms with E-state index in [1.165, 1.54) is 0 Å². The number of aromatic nitrogens is 2. The maximum atomic E-state index is 13.5. The van der Waals surface area contributed by atoms with Gasteiger partial charge in [-0.15, -0.1) is 0 Å². The lowest BCUT2D eigenvalue weighted by Gasteiger charge is -2.31. The molecule has 4 aromatic rings. The molecule has 2 aliphatic rings. The van der Waals surface area contributed by atoms with Gasteiger partial charge < -0.3 is 14.4 Å². The van der Waals surface area contributed by atoms with Gasteiger partial charge in [-0.3, -0.25) is 10.6 Å². The number of esters is 1. The topological polar surface area (TPSA) is 132 Å². The van der Waals surface area contributed by atoms with E-state index in [-0.39, 0.29) is 18.6 Å². The van der Waals surface area contributed by atoms with Crippen molar-refractivity contribution in [2.75, 3.05) is 0 Å². The minimum absolute atomic E-state index is 0.100. The fourth-order valence-electron chi connectivity index (χ4n) is 5.28. The molecule has 2 aromatic carbocycles. The molecule has 6 rings (SSSR count). The highest BCUT2D eigenvalue weighted by atomic mass is 16.6. The Labute approximate surface area is 194 Å². The second kappa shape index (κ2) is 7.44. The van der Waals surface area contributed by atoms with Crippen LogP contribution in [0.25, 0.3) is 33.1 Å². The summed E-state index contributed by atoms with van der Waals surface area (Å²) in [5.41, 5.74) is 7.86. The van der Waals surface area contributed by atoms with Crippen molar-refractivity contribution in [2.24, 2.45) is 5.84 Å². The van der Waals surface area contributed by atoms with Crippen molar-refractivity contribution < 1.29 is 14.6 Å². The van der Waals surface area contributed by atoms with Crippen molar-refractivity contribution in [3.8, 4) is 11.4 Å². The number of nitrogens with two attached hydrogens (primary N) is 1. The normalized spacial score (nSPS) is 18.6. The number of cyclic esters (lactones) is 1. The lowest BCUT2D eigenvalue weighted by molar-refractivity contribution is -0.172. The SMILES string of the molecule is CC[C@@]1(O)C(=O)OCc2c1cc1n(c2=O)Cc2c-1nc1ccc3ccccc3c1c2CNNN. The second-order valence-corrected chi connectivity index (χ2v) is 8.70. The Morgan fingerprint density at radius 2 is 2.03 bits per heavy atom. The molecule has 0 fully saturated rings. The molecule has 1 atom stereocenters. The number of hydrogen-bond donors (Lipinski definition) is 4. The third kappa shape index (κ3) is 2.72. The van der Waals surface area contributed by atoms with Crippen LogP contribution in [0.15, 0.2) is 47.3 Å². The van der Waals surface area contributed by atoms with Crippen LogP contribution in [0.4, 0.5) is 0 Å². The number of nitrogens with zero attached hydrogens (tertiary/aromatic N) is 2. The summed E-state index contributed by atoms with van der Waals surface area (Å²) in [6.45, 7) is 2.27. The number of benzene rings is 2. The van der Waals surface area contributed by atoms with Crippen molar-refractivity contribution in [1.82, 2.24) is 20.5 Å². The Morgan fingerprint density at radius 3 is 2.82 bits per heavy atom. The zero-order valence-electron chi connectivity index (χ0n) is 18.5. The highest BCUT2D eigenvalue weighted by Crippen LogP contribution is 2.41. The summed E-state index contributed by atoms with van der Waals surface area (Å²) in [6, 6.07) is 13.8. The fraction of sp³-hybridized carbons (Fsp3) is 0.240. The maximum Gasteiger partial charge on any atom is 0.343 e. The zero-order valence-corrected chi connectivity index (χ0v) is 18.5. The number of nitrogens with one attached hydrogen (secondary N) is 2. The summed E-state index contributed by atoms with van der Waals surface area (Å²) >= 11 is 0. The number of carbonyl (C=O) groups excluding carboxylic acids is 1. The molecule has 172 valence electrons. The average Bonchev–Trinajstić information content (AvgIpc) is 3.23. The highest BCUT2D eigenvalue weighted by molar-refractivity contribution is 6.09. The molecular formula is C25H23N5O4. The van der Waals surface area contributed by atoms with Gasteiger partial charge in [0.05, 0.1) is 29.0 Å². The molecule has 4 heterocycles. The van der Waals surface area contributed by atoms with Crippen molar-refractivity contribution in [2.45, 2.75) is 38.6 Å². The maximum absolute atomic E-state index is 13.5. The lowest BCUT2D eigenvalue weighted by Crippen LogP contribution is -2.44. The largest absolute Gasteiger partial charge is 0.458 e. The number of hydrogen-bond acceptors (Lipinski definition) is 8. The van der Waals surface area contributed by atoms with Crippen LogP contribution in [0.3, 0.4) is 0 Å². The van der Waals surface area contributed by atoms with Gasteiger partial charge >= 0.3 is 5.97 Å². The van der Waals surface area contributed by atoms with E-state index < -0.39 is 11.6 Å². The predicted octanol–water partition coefficient (Wildman–Crippen LogP) is 1.70. The minimum Gasteiger partial charge on any atom is -0.458 e. The van der Waals surface area contributed by atoms with E-state index in [1.54, 1.807) is 17.6 Å². The number of ether oxygens (including phenoxy) is 1. The summed E-state index contributed by atoms with van der Waals surface area (Å²) in [5.74, 6) is 4.79. The third-order valence-corrected chi connectivity index (χ3v) is 7.06. The minimum atomic E-state index is -1.86. The number of carbonyl (C=O) groups is 1. The summed E-state index contributed by atoms with van der Waals surface area (Å²) < 4.78 is 6.81. The van der Waals surface area contributed by atoms with Crippen LogP contribution >= 0.6 is 0 Å². The molecule has 0 bridgehead atoms. The summed E-state index contributed by atoms with van der Waals surface area (Å²) in [5, 5.41) is 14.2. The number of fused-ring (bicyclic) bond motifs is 7. The molecule has 9 nitrogen and oxygen atoms in total. The Kier molecular flexibility index (Phi) is 4.58. The molecular weight excluding hydrogens is 434 g/mol. The number of pyridine rings is 2. The van der Waals surface area contributed by atoms with Crippen LogP contribution in [-0.2, 0) is 34.8 Å². The van der Waals surface area contributed by atoms with Gasteiger partial charge in [0, 0.05) is 23.1 Å². The second-order valence-electron chi connectivity index (χ2n) is 8.70. The number of rotatable bonds is 4. The monoisotopic (exact) mass is 457 g/mol. The highest BCUT2D eigenvalue weighted by Gasteiger charge is 2.45. The fourth-order valence-corrected chi connectivity index (χ4v) is 5.28. The molecule has 0 saturated heterocycles. The first-order valence-electron chi connectivity index (χ1n) is 11.2. The summed E-state index contributed by atoms with van der Waals surface area (Å²) in [7, 11) is 0. The molecule has 2 aliphatic heterocycles. The van der Waals surface area contributed by atoms with Crippen molar-refractivity contribution >= 4 is 27.6 Å². The van der Waals surface area contributed by atoms with E-state index in [1.807, 2.05) is 24.3 Å². The Bertz CT molecular complexity index is 1580. The first-order valence-corrected chi connectivity index (χ1v) is 11.2. The van der Waals surface area contributed by atoms with Crippen LogP contribution < -0.4 is 22.4 Å². The van der Waals surface area contributed by atoms with Gasteiger partial charge in [0.1, 0.15) is 6.61 Å². The van der Waals surface area contributed by atoms with Crippen LogP contribution in [-0.4, -0.2) is 20.6 Å². The molecule has 0 aliphatic carbocycles. The molecule has 0 amide bonds. The molecule has 0 unspecified atom stereocenters. The molecule has 0 spiro atoms. The van der Waals surface area contributed by atoms with E-state index in [2.05, 4.69) is 23.1 Å². The van der Waals surface area contributed by atoms with Gasteiger partial charge in [-0.2, -0.15) is 5.53 Å². The van der Waals surface area contributed by atoms with Crippen molar-refractivity contribution in [1.29, 1.82) is 0 Å². The molecule has 9 heteroatoms. The van der Waals surface area contributed by atoms with Gasteiger partial charge in [-0.25, -0.2) is 15.2 Å². The first kappa shape index (κ1) is 20.9. The first-order chi connectivity index (χ1) is 16.5. The predicted molar refractivity (Wildman–Crippen MR) is 126 cm³/mol. The summed E-state index contributed by atoms with van der Waals surface area (Å²) in [6.07, 6.45) is 0.100. The van der Waals surface area contributed by atoms with Gasteiger partial charge in [0.25, 0.3) is 5.56 Å². The van der Waals surface area contributed by atoms with Crippen LogP contribution in [0, 0.1) is 0 Å². The van der Waals surface area contributed by atoms with Crippen molar-refractivity contribution in [3.63, 3.8) is 0 Å². The van der Waals surface area contributed by atoms with Gasteiger partial charge in [0.15, 0.2) is 5.60 Å². The zero-order chi connectivity index (χ0) is 23.6. The van der Waals surface area contributed by atoms with E-state index in [4.69, 9.17) is 15.6 Å². The van der Waals surface area contributed by atoms with Crippen molar-refractivity contribution in [3.05, 3.63) is 75.1 Å². The smallest absolute Gasteiger partial charge is 0.343 e. The van der Waals surface area contributed by atoms with E-state index in [0.717, 1.165) is 32.8 Å². The molecule has 5 N–H and O–H groups in total. The van der Waals surface area contributed by atoms with Crippen LogP contribution in [0.5, 0.6) is 0 Å². The number of hydrazine groups is 2. The van der Waals surface area contributed by atoms with Gasteiger partial charge in [-0.05, 0) is 34.9 Å². The summed E-state index contributed by atoms with van der Waals surface area (Å²) in [4.78, 5) is 30.9. The standard InChI is InChI=1S/C25H23N5O4/c1-2-25(33)18-9-20-22-16(11-30(20)23(31)17(18)12-34-24(25)32)15(10-27-29-26)21-14-6-4-3-5-13(14)7-8-19(21)28-22/h3-9,27,29,33H,2,10-12,26H2,1H3/t25-/m0/s1. The third-order valence-electron chi connectivity index (χ3n) is 7.06. The quantitative estimate of drug-likeness (QED) is 0.139. The Balaban J connectivity index is 1.67. The Hall–Kier alpha value is -3.63. The van der Waals surface area contributed by atoms with Crippen LogP contribution in [0.2, 0.25) is 0 Å². The average molecular weight is 457 g/mol. The van der Waals surface area contributed by atoms with Gasteiger partial charge in [-0.1, -0.05) is 37.3 Å². The Morgan fingerprint density at radius 1 is 1.21 bits per heavy atom. The van der Waals surface area contributed by atoms with E-state index in [9.17, 15) is 14.7 Å². The molecule has 2 aromatic heterocycles. The molecule has 0 radical (unpaired) electrons. The van der Waals surface area contributed by atoms with Crippen LogP contribution in [0.1, 0.15) is 35.6 Å². The van der Waals surface area contributed by atoms with Gasteiger partial charge in [0.2, 0.25) is 0 Å². The molecule has 34 heavy (non-hydrogen) atoms.